The van der Waals surface area contributed by atoms with E-state index in [-0.39, 0.29) is 25.7 Å². The molecule has 17 nitrogen and oxygen atoms in total. The first kappa shape index (κ1) is 93.7. The van der Waals surface area contributed by atoms with Gasteiger partial charge in [0.05, 0.1) is 26.4 Å². The van der Waals surface area contributed by atoms with E-state index in [9.17, 15) is 43.2 Å². The van der Waals surface area contributed by atoms with E-state index in [4.69, 9.17) is 37.0 Å². The lowest BCUT2D eigenvalue weighted by Gasteiger charge is -2.21. The molecule has 0 radical (unpaired) electrons. The summed E-state index contributed by atoms with van der Waals surface area (Å²) in [5, 5.41) is 10.6. The predicted octanol–water partition coefficient (Wildman–Crippen LogP) is 21.8. The third-order valence-electron chi connectivity index (χ3n) is 15.7. The van der Waals surface area contributed by atoms with E-state index in [1.807, 2.05) is 0 Å². The number of allylic oxidation sites excluding steroid dienone is 18. The van der Waals surface area contributed by atoms with Gasteiger partial charge >= 0.3 is 39.5 Å². The molecule has 0 aliphatic heterocycles. The highest BCUT2D eigenvalue weighted by atomic mass is 31.2. The summed E-state index contributed by atoms with van der Waals surface area (Å²) in [6.07, 6.45) is 75.1. The maximum Gasteiger partial charge on any atom is 0.472 e. The molecule has 5 unspecified atom stereocenters. The smallest absolute Gasteiger partial charge is 0.462 e. The second-order valence-corrected chi connectivity index (χ2v) is 28.1. The van der Waals surface area contributed by atoms with Crippen molar-refractivity contribution >= 4 is 39.5 Å². The van der Waals surface area contributed by atoms with E-state index < -0.39 is 97.5 Å². The first-order valence-corrected chi connectivity index (χ1v) is 41.1. The van der Waals surface area contributed by atoms with Gasteiger partial charge < -0.3 is 33.8 Å². The van der Waals surface area contributed by atoms with Crippen molar-refractivity contribution in [3.05, 3.63) is 109 Å². The van der Waals surface area contributed by atoms with Gasteiger partial charge in [0.2, 0.25) is 0 Å². The lowest BCUT2D eigenvalue weighted by atomic mass is 10.1. The Labute approximate surface area is 594 Å². The van der Waals surface area contributed by atoms with Crippen molar-refractivity contribution in [3.63, 3.8) is 0 Å². The van der Waals surface area contributed by atoms with E-state index in [1.165, 1.54) is 57.8 Å². The van der Waals surface area contributed by atoms with Crippen LogP contribution in [0.4, 0.5) is 0 Å². The van der Waals surface area contributed by atoms with E-state index >= 15 is 0 Å². The van der Waals surface area contributed by atoms with Crippen molar-refractivity contribution in [1.82, 2.24) is 0 Å². The van der Waals surface area contributed by atoms with Crippen molar-refractivity contribution in [2.45, 2.75) is 329 Å². The molecule has 3 N–H and O–H groups in total. The van der Waals surface area contributed by atoms with Gasteiger partial charge in [-0.25, -0.2) is 9.13 Å². The van der Waals surface area contributed by atoms with Crippen LogP contribution in [-0.4, -0.2) is 96.7 Å². The SMILES string of the molecule is CC/C=C\C/C=C\C/C=C\C/C=C\CCCCC(=O)OCC(COP(=O)(O)OCC(O)COP(=O)(O)OCC(COC(=O)CCCCCCC/C=C\CCCCCCCC)OC(=O)CCCCCCC/C=C\C/C=C\CCC)OC(=O)CCCCCCC/C=C\C/C=C\CCCCC. The summed E-state index contributed by atoms with van der Waals surface area (Å²) < 4.78 is 68.4. The summed E-state index contributed by atoms with van der Waals surface area (Å²) in [7, 11) is -9.97. The Bertz CT molecular complexity index is 2290. The number of hydrogen-bond donors (Lipinski definition) is 3. The fourth-order valence-corrected chi connectivity index (χ4v) is 11.4. The van der Waals surface area contributed by atoms with Crippen LogP contribution in [0.1, 0.15) is 310 Å². The van der Waals surface area contributed by atoms with Crippen molar-refractivity contribution in [2.24, 2.45) is 0 Å². The van der Waals surface area contributed by atoms with Gasteiger partial charge in [0, 0.05) is 25.7 Å². The first-order valence-electron chi connectivity index (χ1n) is 38.1. The molecule has 5 atom stereocenters. The molecular formula is C79H136O17P2. The quantitative estimate of drug-likeness (QED) is 0.0169. The monoisotopic (exact) mass is 1420 g/mol. The van der Waals surface area contributed by atoms with Gasteiger partial charge in [0.25, 0.3) is 0 Å². The highest BCUT2D eigenvalue weighted by molar-refractivity contribution is 7.47. The Hall–Kier alpha value is -4.28. The number of phosphoric acid groups is 2. The van der Waals surface area contributed by atoms with Crippen LogP contribution in [0.2, 0.25) is 0 Å². The number of hydrogen-bond acceptors (Lipinski definition) is 15. The number of aliphatic hydroxyl groups excluding tert-OH is 1. The summed E-state index contributed by atoms with van der Waals surface area (Å²) in [4.78, 5) is 72.8. The molecule has 0 aromatic rings. The maximum atomic E-state index is 13.1. The average Bonchev–Trinajstić information content (AvgIpc) is 1.04. The van der Waals surface area contributed by atoms with Crippen LogP contribution in [0, 0.1) is 0 Å². The Morgan fingerprint density at radius 1 is 0.296 bits per heavy atom. The number of phosphoric ester groups is 2. The lowest BCUT2D eigenvalue weighted by molar-refractivity contribution is -0.161. The number of aliphatic hydroxyl groups is 1. The highest BCUT2D eigenvalue weighted by Gasteiger charge is 2.30. The Balaban J connectivity index is 5.40. The maximum absolute atomic E-state index is 13.1. The second-order valence-electron chi connectivity index (χ2n) is 25.2. The topological polar surface area (TPSA) is 237 Å². The third-order valence-corrected chi connectivity index (χ3v) is 17.6. The van der Waals surface area contributed by atoms with Crippen LogP contribution in [0.25, 0.3) is 0 Å². The molecule has 0 saturated heterocycles. The molecule has 0 aromatic heterocycles. The van der Waals surface area contributed by atoms with E-state index in [2.05, 4.69) is 137 Å². The van der Waals surface area contributed by atoms with Crippen LogP contribution in [0.5, 0.6) is 0 Å². The zero-order valence-corrected chi connectivity index (χ0v) is 63.2. The zero-order valence-electron chi connectivity index (χ0n) is 61.4. The van der Waals surface area contributed by atoms with Gasteiger partial charge in [-0.15, -0.1) is 0 Å². The Morgan fingerprint density at radius 3 is 0.908 bits per heavy atom. The number of esters is 4. The van der Waals surface area contributed by atoms with Gasteiger partial charge in [-0.05, 0) is 148 Å². The molecule has 0 amide bonds. The van der Waals surface area contributed by atoms with Gasteiger partial charge in [0.1, 0.15) is 19.3 Å². The Morgan fingerprint density at radius 2 is 0.551 bits per heavy atom. The van der Waals surface area contributed by atoms with Crippen LogP contribution in [0.15, 0.2) is 109 Å². The molecular weight excluding hydrogens is 1280 g/mol. The largest absolute Gasteiger partial charge is 0.472 e. The molecule has 0 heterocycles. The first-order chi connectivity index (χ1) is 47.7. The van der Waals surface area contributed by atoms with Crippen LogP contribution in [-0.2, 0) is 65.4 Å². The normalized spacial score (nSPS) is 14.6. The van der Waals surface area contributed by atoms with Crippen molar-refractivity contribution < 1.29 is 80.2 Å². The fourth-order valence-electron chi connectivity index (χ4n) is 9.86. The second kappa shape index (κ2) is 71.1. The summed E-state index contributed by atoms with van der Waals surface area (Å²) in [5.41, 5.74) is 0. The molecule has 98 heavy (non-hydrogen) atoms. The molecule has 0 saturated carbocycles. The van der Waals surface area contributed by atoms with E-state index in [0.717, 1.165) is 173 Å². The van der Waals surface area contributed by atoms with Crippen molar-refractivity contribution in [1.29, 1.82) is 0 Å². The lowest BCUT2D eigenvalue weighted by Crippen LogP contribution is -2.30. The summed E-state index contributed by atoms with van der Waals surface area (Å²) in [6, 6.07) is 0. The summed E-state index contributed by atoms with van der Waals surface area (Å²) >= 11 is 0. The predicted molar refractivity (Wildman–Crippen MR) is 399 cm³/mol. The third kappa shape index (κ3) is 70.2. The minimum absolute atomic E-state index is 0.0681. The van der Waals surface area contributed by atoms with Crippen LogP contribution >= 0.6 is 15.6 Å². The van der Waals surface area contributed by atoms with Gasteiger partial charge in [-0.3, -0.25) is 37.3 Å². The van der Waals surface area contributed by atoms with E-state index in [1.54, 1.807) is 0 Å². The number of rotatable bonds is 71. The molecule has 0 spiro atoms. The molecule has 0 aliphatic rings. The minimum Gasteiger partial charge on any atom is -0.462 e. The van der Waals surface area contributed by atoms with Crippen molar-refractivity contribution in [3.8, 4) is 0 Å². The van der Waals surface area contributed by atoms with Gasteiger partial charge in [0.15, 0.2) is 12.2 Å². The van der Waals surface area contributed by atoms with Crippen LogP contribution < -0.4 is 0 Å². The number of unbranched alkanes of at least 4 members (excludes halogenated alkanes) is 27. The zero-order chi connectivity index (χ0) is 71.8. The Kier molecular flexibility index (Phi) is 68.0. The number of ether oxygens (including phenoxy) is 4. The van der Waals surface area contributed by atoms with E-state index in [0.29, 0.717) is 25.7 Å². The molecule has 19 heteroatoms. The molecule has 0 aliphatic carbocycles. The molecule has 0 rings (SSSR count). The fraction of sp³-hybridized carbons (Fsp3) is 0.722. The molecule has 0 fully saturated rings. The van der Waals surface area contributed by atoms with Crippen LogP contribution in [0.3, 0.4) is 0 Å². The number of carbonyl (C=O) groups is 4. The molecule has 0 aromatic carbocycles. The highest BCUT2D eigenvalue weighted by Crippen LogP contribution is 2.45. The standard InChI is InChI=1S/C79H136O17P2/c1-5-9-13-17-21-25-29-33-36-40-43-47-51-55-59-63-76(81)89-69-74(95-78(83)65-61-57-53-49-45-39-32-28-24-20-16-12-8-4)71-93-97(85,86)91-67-73(80)68-92-98(87,88)94-72-75(96-79(84)66-62-58-54-50-46-42-38-35-31-27-23-19-15-11-7-3)70-90-77(82)64-60-56-52-48-44-41-37-34-30-26-22-18-14-10-6-2/h10,14,16,20,22-23,26-28,32-38,44,48,73-75,80H,5-9,11-13,15,17-19,21,24-25,29-31,39-43,45-47,49-72H2,1-4H3,(H,85,86)(H,87,88)/b14-10-,20-16-,26-22-,27-23-,32-28-,36-33-,37-34-,38-35-,48-44-. The van der Waals surface area contributed by atoms with Crippen molar-refractivity contribution in [2.75, 3.05) is 39.6 Å². The summed E-state index contributed by atoms with van der Waals surface area (Å²) in [6.45, 7) is 4.58. The molecule has 564 valence electrons. The minimum atomic E-state index is -4.99. The molecule has 0 bridgehead atoms. The summed E-state index contributed by atoms with van der Waals surface area (Å²) in [5.74, 6) is -2.26. The van der Waals surface area contributed by atoms with Gasteiger partial charge in [-0.1, -0.05) is 246 Å². The number of carbonyl (C=O) groups excluding carboxylic acids is 4. The average molecular weight is 1420 g/mol. The van der Waals surface area contributed by atoms with Gasteiger partial charge in [-0.2, -0.15) is 0 Å².